The van der Waals surface area contributed by atoms with E-state index in [0.717, 1.165) is 33.8 Å². The van der Waals surface area contributed by atoms with Gasteiger partial charge in [-0.3, -0.25) is 9.98 Å². The molecule has 0 aliphatic carbocycles. The number of halogens is 2. The van der Waals surface area contributed by atoms with E-state index in [-0.39, 0.29) is 0 Å². The Morgan fingerprint density at radius 1 is 0.667 bits per heavy atom. The summed E-state index contributed by atoms with van der Waals surface area (Å²) in [5.41, 5.74) is 3.77. The van der Waals surface area contributed by atoms with Crippen molar-refractivity contribution in [2.75, 3.05) is 13.1 Å². The first kappa shape index (κ1) is 19.4. The summed E-state index contributed by atoms with van der Waals surface area (Å²) in [4.78, 5) is 8.43. The van der Waals surface area contributed by atoms with E-state index < -0.39 is 0 Å². The fraction of sp³-hybridized carbons (Fsp3) is 0.182. The van der Waals surface area contributed by atoms with Gasteiger partial charge in [-0.1, -0.05) is 71.7 Å². The molecule has 1 aromatic heterocycles. The largest absolute Gasteiger partial charge is 0.456 e. The molecule has 0 saturated carbocycles. The number of aliphatic imine (C=N–C) groups is 2. The van der Waals surface area contributed by atoms with Crippen LogP contribution in [0.1, 0.15) is 25.0 Å². The van der Waals surface area contributed by atoms with E-state index in [1.165, 1.54) is 0 Å². The van der Waals surface area contributed by atoms with Crippen LogP contribution in [0.4, 0.5) is 0 Å². The third-order valence-electron chi connectivity index (χ3n) is 4.02. The molecule has 0 unspecified atom stereocenters. The average molecular weight is 399 g/mol. The molecule has 0 spiro atoms. The van der Waals surface area contributed by atoms with E-state index >= 15 is 0 Å². The van der Waals surface area contributed by atoms with Crippen LogP contribution < -0.4 is 0 Å². The van der Waals surface area contributed by atoms with Crippen molar-refractivity contribution < 1.29 is 4.42 Å². The highest BCUT2D eigenvalue weighted by Gasteiger charge is 2.09. The van der Waals surface area contributed by atoms with Gasteiger partial charge < -0.3 is 4.42 Å². The van der Waals surface area contributed by atoms with E-state index in [1.807, 2.05) is 74.5 Å². The highest BCUT2D eigenvalue weighted by molar-refractivity contribution is 6.70. The molecule has 138 valence electrons. The van der Waals surface area contributed by atoms with Gasteiger partial charge in [0.1, 0.15) is 21.9 Å². The van der Waals surface area contributed by atoms with Crippen LogP contribution in [0.2, 0.25) is 0 Å². The van der Waals surface area contributed by atoms with E-state index in [4.69, 9.17) is 27.6 Å². The van der Waals surface area contributed by atoms with Gasteiger partial charge in [0.2, 0.25) is 0 Å². The Morgan fingerprint density at radius 3 is 1.37 bits per heavy atom. The SMILES string of the molecule is CCN=C(Cl)c1ccc(-c2ccc(-c3ccc(C(Cl)=NCC)cc3)o2)cc1. The highest BCUT2D eigenvalue weighted by Crippen LogP contribution is 2.29. The molecule has 2 aromatic carbocycles. The van der Waals surface area contributed by atoms with Crippen molar-refractivity contribution in [2.45, 2.75) is 13.8 Å². The summed E-state index contributed by atoms with van der Waals surface area (Å²) >= 11 is 12.3. The monoisotopic (exact) mass is 398 g/mol. The number of nitrogens with zero attached hydrogens (tertiary/aromatic N) is 2. The molecule has 0 saturated heterocycles. The zero-order chi connectivity index (χ0) is 19.2. The Labute approximate surface area is 169 Å². The van der Waals surface area contributed by atoms with Crippen LogP contribution in [0.5, 0.6) is 0 Å². The lowest BCUT2D eigenvalue weighted by Crippen LogP contribution is -1.91. The molecule has 1 heterocycles. The molecule has 0 amide bonds. The molecule has 0 aliphatic rings. The number of rotatable bonds is 6. The second-order valence-electron chi connectivity index (χ2n) is 5.85. The molecule has 3 aromatic rings. The third kappa shape index (κ3) is 4.68. The average Bonchev–Trinajstić information content (AvgIpc) is 3.19. The van der Waals surface area contributed by atoms with Gasteiger partial charge in [-0.05, 0) is 26.0 Å². The lowest BCUT2D eigenvalue weighted by atomic mass is 10.1. The second kappa shape index (κ2) is 9.03. The van der Waals surface area contributed by atoms with Crippen LogP contribution in [0.3, 0.4) is 0 Å². The van der Waals surface area contributed by atoms with E-state index in [2.05, 4.69) is 9.98 Å². The maximum absolute atomic E-state index is 6.15. The van der Waals surface area contributed by atoms with Gasteiger partial charge in [-0.15, -0.1) is 0 Å². The minimum absolute atomic E-state index is 0.523. The number of hydrogen-bond acceptors (Lipinski definition) is 3. The van der Waals surface area contributed by atoms with Gasteiger partial charge >= 0.3 is 0 Å². The number of furan rings is 1. The quantitative estimate of drug-likeness (QED) is 0.429. The zero-order valence-electron chi connectivity index (χ0n) is 15.2. The van der Waals surface area contributed by atoms with E-state index in [0.29, 0.717) is 23.4 Å². The maximum atomic E-state index is 6.15. The van der Waals surface area contributed by atoms with Crippen LogP contribution in [-0.2, 0) is 0 Å². The van der Waals surface area contributed by atoms with Gasteiger partial charge in [0.15, 0.2) is 0 Å². The lowest BCUT2D eigenvalue weighted by molar-refractivity contribution is 0.597. The van der Waals surface area contributed by atoms with E-state index in [1.54, 1.807) is 0 Å². The van der Waals surface area contributed by atoms with Gasteiger partial charge in [-0.25, -0.2) is 0 Å². The lowest BCUT2D eigenvalue weighted by Gasteiger charge is -2.02. The van der Waals surface area contributed by atoms with Crippen molar-refractivity contribution in [3.05, 3.63) is 71.8 Å². The Morgan fingerprint density at radius 2 is 1.04 bits per heavy atom. The summed E-state index contributed by atoms with van der Waals surface area (Å²) in [7, 11) is 0. The summed E-state index contributed by atoms with van der Waals surface area (Å²) in [5, 5.41) is 1.05. The summed E-state index contributed by atoms with van der Waals surface area (Å²) in [5.74, 6) is 1.60. The summed E-state index contributed by atoms with van der Waals surface area (Å²) < 4.78 is 6.02. The van der Waals surface area contributed by atoms with Crippen LogP contribution in [0, 0.1) is 0 Å². The molecule has 3 rings (SSSR count). The fourth-order valence-electron chi connectivity index (χ4n) is 2.65. The smallest absolute Gasteiger partial charge is 0.134 e. The number of benzene rings is 2. The Kier molecular flexibility index (Phi) is 6.49. The molecule has 0 fully saturated rings. The molecule has 0 radical (unpaired) electrons. The first-order chi connectivity index (χ1) is 13.1. The topological polar surface area (TPSA) is 37.9 Å². The van der Waals surface area contributed by atoms with Crippen molar-refractivity contribution >= 4 is 33.5 Å². The van der Waals surface area contributed by atoms with Crippen molar-refractivity contribution in [3.63, 3.8) is 0 Å². The maximum Gasteiger partial charge on any atom is 0.134 e. The van der Waals surface area contributed by atoms with Gasteiger partial charge in [0, 0.05) is 35.3 Å². The normalized spacial score (nSPS) is 12.4. The minimum Gasteiger partial charge on any atom is -0.456 e. The van der Waals surface area contributed by atoms with Crippen molar-refractivity contribution in [1.29, 1.82) is 0 Å². The van der Waals surface area contributed by atoms with Crippen molar-refractivity contribution in [3.8, 4) is 22.6 Å². The molecule has 5 heteroatoms. The Bertz CT molecular complexity index is 877. The molecule has 3 nitrogen and oxygen atoms in total. The van der Waals surface area contributed by atoms with Crippen LogP contribution in [0.25, 0.3) is 22.6 Å². The Balaban J connectivity index is 1.80. The highest BCUT2D eigenvalue weighted by atomic mass is 35.5. The molecular formula is C22H20Cl2N2O. The predicted octanol–water partition coefficient (Wildman–Crippen LogP) is 6.62. The van der Waals surface area contributed by atoms with Gasteiger partial charge in [-0.2, -0.15) is 0 Å². The summed E-state index contributed by atoms with van der Waals surface area (Å²) in [6.45, 7) is 5.24. The molecular weight excluding hydrogens is 379 g/mol. The third-order valence-corrected chi connectivity index (χ3v) is 4.69. The van der Waals surface area contributed by atoms with Crippen molar-refractivity contribution in [1.82, 2.24) is 0 Å². The molecule has 0 atom stereocenters. The molecule has 0 bridgehead atoms. The summed E-state index contributed by atoms with van der Waals surface area (Å²) in [6.07, 6.45) is 0. The zero-order valence-corrected chi connectivity index (χ0v) is 16.8. The van der Waals surface area contributed by atoms with Gasteiger partial charge in [0.25, 0.3) is 0 Å². The molecule has 27 heavy (non-hydrogen) atoms. The van der Waals surface area contributed by atoms with E-state index in [9.17, 15) is 0 Å². The molecule has 0 N–H and O–H groups in total. The van der Waals surface area contributed by atoms with Crippen LogP contribution in [-0.4, -0.2) is 23.4 Å². The predicted molar refractivity (Wildman–Crippen MR) is 115 cm³/mol. The van der Waals surface area contributed by atoms with Crippen molar-refractivity contribution in [2.24, 2.45) is 9.98 Å². The first-order valence-corrected chi connectivity index (χ1v) is 9.59. The number of hydrogen-bond donors (Lipinski definition) is 0. The fourth-order valence-corrected chi connectivity index (χ4v) is 3.14. The van der Waals surface area contributed by atoms with Gasteiger partial charge in [0.05, 0.1) is 0 Å². The molecule has 0 aliphatic heterocycles. The Hall–Kier alpha value is -2.36. The summed E-state index contributed by atoms with van der Waals surface area (Å²) in [6, 6.07) is 19.6. The first-order valence-electron chi connectivity index (χ1n) is 8.83. The van der Waals surface area contributed by atoms with Crippen LogP contribution in [0.15, 0.2) is 75.1 Å². The van der Waals surface area contributed by atoms with Crippen LogP contribution >= 0.6 is 23.2 Å². The minimum atomic E-state index is 0.523. The standard InChI is InChI=1S/C22H20Cl2N2O/c1-3-25-21(23)17-9-5-15(6-10-17)19-13-14-20(27-19)16-7-11-18(12-8-16)22(24)26-4-2/h5-14H,3-4H2,1-2H3. The second-order valence-corrected chi connectivity index (χ2v) is 6.56.